The minimum absolute atomic E-state index is 0.0512. The number of nitrogens with one attached hydrogen (secondary N) is 1. The van der Waals surface area contributed by atoms with Gasteiger partial charge in [-0.2, -0.15) is 0 Å². The van der Waals surface area contributed by atoms with Gasteiger partial charge in [-0.1, -0.05) is 30.3 Å². The van der Waals surface area contributed by atoms with E-state index in [0.29, 0.717) is 5.56 Å². The summed E-state index contributed by atoms with van der Waals surface area (Å²) in [5.74, 6) is -1.55. The van der Waals surface area contributed by atoms with Crippen molar-refractivity contribution in [3.63, 3.8) is 0 Å². The average molecular weight is 335 g/mol. The van der Waals surface area contributed by atoms with Gasteiger partial charge in [-0.25, -0.2) is 17.5 Å². The van der Waals surface area contributed by atoms with E-state index in [1.807, 2.05) is 4.72 Å². The highest BCUT2D eigenvalue weighted by atomic mass is 32.2. The number of sulfonamides is 1. The number of carbonyl (C=O) groups excluding carboxylic acids is 1. The van der Waals surface area contributed by atoms with Crippen LogP contribution in [0.4, 0.5) is 4.39 Å². The van der Waals surface area contributed by atoms with E-state index in [4.69, 9.17) is 4.74 Å². The smallest absolute Gasteiger partial charge is 0.268 e. The van der Waals surface area contributed by atoms with E-state index >= 15 is 0 Å². The first-order valence-electron chi connectivity index (χ1n) is 6.55. The summed E-state index contributed by atoms with van der Waals surface area (Å²) in [5, 5.41) is 0.885. The number of methoxy groups -OCH3 is 1. The van der Waals surface area contributed by atoms with Gasteiger partial charge in [0.15, 0.2) is 0 Å². The largest absolute Gasteiger partial charge is 0.496 e. The number of carbonyl (C=O) groups is 1. The highest BCUT2D eigenvalue weighted by molar-refractivity contribution is 7.93. The maximum atomic E-state index is 13.1. The molecule has 2 aromatic carbocycles. The molecule has 0 bridgehead atoms. The second-order valence-corrected chi connectivity index (χ2v) is 6.10. The van der Waals surface area contributed by atoms with Crippen molar-refractivity contribution in [2.24, 2.45) is 0 Å². The summed E-state index contributed by atoms with van der Waals surface area (Å²) in [7, 11) is -2.73. The molecular formula is C16H14FNO4S. The van der Waals surface area contributed by atoms with Crippen molar-refractivity contribution in [2.75, 3.05) is 7.11 Å². The molecule has 0 unspecified atom stereocenters. The molecule has 0 aliphatic rings. The first kappa shape index (κ1) is 16.7. The van der Waals surface area contributed by atoms with Gasteiger partial charge in [0, 0.05) is 6.07 Å². The molecule has 120 valence electrons. The van der Waals surface area contributed by atoms with E-state index in [1.165, 1.54) is 13.2 Å². The molecule has 23 heavy (non-hydrogen) atoms. The second-order valence-electron chi connectivity index (χ2n) is 4.53. The van der Waals surface area contributed by atoms with Crippen LogP contribution in [0.25, 0.3) is 6.08 Å². The fraction of sp³-hybridized carbons (Fsp3) is 0.0625. The molecule has 1 N–H and O–H groups in total. The molecule has 0 radical (unpaired) electrons. The van der Waals surface area contributed by atoms with Crippen LogP contribution in [-0.4, -0.2) is 21.4 Å². The van der Waals surface area contributed by atoms with Crippen molar-refractivity contribution in [3.8, 4) is 5.75 Å². The third-order valence-corrected chi connectivity index (χ3v) is 3.85. The maximum absolute atomic E-state index is 13.1. The van der Waals surface area contributed by atoms with Gasteiger partial charge in [-0.15, -0.1) is 0 Å². The molecule has 0 aromatic heterocycles. The van der Waals surface area contributed by atoms with Crippen molar-refractivity contribution in [2.45, 2.75) is 0 Å². The lowest BCUT2D eigenvalue weighted by Gasteiger charge is -2.08. The quantitative estimate of drug-likeness (QED) is 0.911. The zero-order chi connectivity index (χ0) is 16.9. The average Bonchev–Trinajstić information content (AvgIpc) is 2.53. The summed E-state index contributed by atoms with van der Waals surface area (Å²) < 4.78 is 43.7. The molecule has 7 heteroatoms. The predicted molar refractivity (Wildman–Crippen MR) is 84.8 cm³/mol. The number of amides is 1. The van der Waals surface area contributed by atoms with Crippen LogP contribution in [0.1, 0.15) is 15.9 Å². The zero-order valence-electron chi connectivity index (χ0n) is 12.2. The van der Waals surface area contributed by atoms with E-state index in [1.54, 1.807) is 30.3 Å². The summed E-state index contributed by atoms with van der Waals surface area (Å²) in [6.07, 6.45) is 1.36. The predicted octanol–water partition coefficient (Wildman–Crippen LogP) is 2.56. The molecule has 2 aromatic rings. The molecule has 1 amide bonds. The van der Waals surface area contributed by atoms with Gasteiger partial charge in [-0.3, -0.25) is 4.79 Å². The van der Waals surface area contributed by atoms with Crippen LogP contribution in [0.5, 0.6) is 5.75 Å². The molecular weight excluding hydrogens is 321 g/mol. The van der Waals surface area contributed by atoms with Crippen LogP contribution in [0.2, 0.25) is 0 Å². The third-order valence-electron chi connectivity index (χ3n) is 2.88. The topological polar surface area (TPSA) is 72.5 Å². The maximum Gasteiger partial charge on any atom is 0.268 e. The summed E-state index contributed by atoms with van der Waals surface area (Å²) >= 11 is 0. The molecule has 0 saturated heterocycles. The van der Waals surface area contributed by atoms with E-state index in [9.17, 15) is 17.6 Å². The number of ether oxygens (including phenoxy) is 1. The van der Waals surface area contributed by atoms with Gasteiger partial charge >= 0.3 is 0 Å². The van der Waals surface area contributed by atoms with Crippen LogP contribution in [0.15, 0.2) is 53.9 Å². The van der Waals surface area contributed by atoms with E-state index < -0.39 is 21.7 Å². The fourth-order valence-corrected chi connectivity index (χ4v) is 2.58. The lowest BCUT2D eigenvalue weighted by Crippen LogP contribution is -2.29. The highest BCUT2D eigenvalue weighted by Gasteiger charge is 2.17. The number of benzene rings is 2. The van der Waals surface area contributed by atoms with Gasteiger partial charge in [-0.05, 0) is 23.8 Å². The van der Waals surface area contributed by atoms with Gasteiger partial charge in [0.1, 0.15) is 11.6 Å². The zero-order valence-corrected chi connectivity index (χ0v) is 13.0. The van der Waals surface area contributed by atoms with Gasteiger partial charge in [0.25, 0.3) is 15.9 Å². The minimum atomic E-state index is -3.99. The Morgan fingerprint density at radius 3 is 2.52 bits per heavy atom. The number of hydrogen-bond acceptors (Lipinski definition) is 4. The van der Waals surface area contributed by atoms with Crippen LogP contribution < -0.4 is 9.46 Å². The Kier molecular flexibility index (Phi) is 5.13. The van der Waals surface area contributed by atoms with Crippen LogP contribution in [0, 0.1) is 5.82 Å². The lowest BCUT2D eigenvalue weighted by molar-refractivity contribution is 0.0979. The fourth-order valence-electron chi connectivity index (χ4n) is 1.80. The summed E-state index contributed by atoms with van der Waals surface area (Å²) in [6.45, 7) is 0. The number of halogens is 1. The Balaban J connectivity index is 2.17. The van der Waals surface area contributed by atoms with Gasteiger partial charge < -0.3 is 4.74 Å². The summed E-state index contributed by atoms with van der Waals surface area (Å²) in [5.41, 5.74) is 0.593. The van der Waals surface area contributed by atoms with Crippen LogP contribution in [-0.2, 0) is 10.0 Å². The van der Waals surface area contributed by atoms with E-state index in [0.717, 1.165) is 23.6 Å². The molecule has 0 saturated carbocycles. The number of hydrogen-bond donors (Lipinski definition) is 1. The highest BCUT2D eigenvalue weighted by Crippen LogP contribution is 2.19. The third kappa shape index (κ3) is 4.65. The Bertz CT molecular complexity index is 832. The summed E-state index contributed by atoms with van der Waals surface area (Å²) in [4.78, 5) is 12.0. The Hall–Kier alpha value is -2.67. The van der Waals surface area contributed by atoms with Crippen molar-refractivity contribution >= 4 is 22.0 Å². The molecule has 5 nitrogen and oxygen atoms in total. The monoisotopic (exact) mass is 335 g/mol. The van der Waals surface area contributed by atoms with Crippen molar-refractivity contribution in [1.82, 2.24) is 4.72 Å². The minimum Gasteiger partial charge on any atom is -0.496 e. The van der Waals surface area contributed by atoms with E-state index in [2.05, 4.69) is 0 Å². The van der Waals surface area contributed by atoms with Crippen molar-refractivity contribution in [1.29, 1.82) is 0 Å². The Morgan fingerprint density at radius 1 is 1.17 bits per heavy atom. The van der Waals surface area contributed by atoms with Crippen LogP contribution >= 0.6 is 0 Å². The molecule has 2 rings (SSSR count). The Morgan fingerprint density at radius 2 is 1.87 bits per heavy atom. The van der Waals surface area contributed by atoms with Crippen LogP contribution in [0.3, 0.4) is 0 Å². The first-order chi connectivity index (χ1) is 10.9. The molecule has 0 aliphatic carbocycles. The van der Waals surface area contributed by atoms with Crippen molar-refractivity contribution < 1.29 is 22.3 Å². The Labute approximate surface area is 133 Å². The molecule has 0 heterocycles. The molecule has 0 spiro atoms. The standard InChI is InChI=1S/C16H14FNO4S/c1-22-15-11-13(17)7-8-14(15)16(19)18-23(20,21)10-9-12-5-3-2-4-6-12/h2-11H,1H3,(H,18,19)/b10-9+. The number of rotatable bonds is 5. The van der Waals surface area contributed by atoms with Gasteiger partial charge in [0.2, 0.25) is 0 Å². The molecule has 0 atom stereocenters. The van der Waals surface area contributed by atoms with Crippen molar-refractivity contribution in [3.05, 3.63) is 70.9 Å². The van der Waals surface area contributed by atoms with Gasteiger partial charge in [0.05, 0.1) is 18.1 Å². The van der Waals surface area contributed by atoms with E-state index in [-0.39, 0.29) is 11.3 Å². The first-order valence-corrected chi connectivity index (χ1v) is 8.10. The normalized spacial score (nSPS) is 11.4. The SMILES string of the molecule is COc1cc(F)ccc1C(=O)NS(=O)(=O)/C=C/c1ccccc1. The molecule has 0 aliphatic heterocycles. The second kappa shape index (κ2) is 7.06. The molecule has 0 fully saturated rings. The summed E-state index contributed by atoms with van der Waals surface area (Å²) in [6, 6.07) is 12.0. The lowest BCUT2D eigenvalue weighted by atomic mass is 10.2.